The van der Waals surface area contributed by atoms with Gasteiger partial charge in [0.05, 0.1) is 29.5 Å². The molecule has 0 atom stereocenters. The molecule has 0 aliphatic carbocycles. The lowest BCUT2D eigenvalue weighted by Gasteiger charge is -2.16. The first-order valence-corrected chi connectivity index (χ1v) is 6.18. The first-order chi connectivity index (χ1) is 9.71. The molecule has 2 heterocycles. The minimum Gasteiger partial charge on any atom is -0.323 e. The Morgan fingerprint density at radius 1 is 1.45 bits per heavy atom. The van der Waals surface area contributed by atoms with Crippen LogP contribution in [0.15, 0.2) is 54.2 Å². The molecule has 0 saturated carbocycles. The molecule has 0 N–H and O–H groups in total. The Bertz CT molecular complexity index is 731. The Labute approximate surface area is 116 Å². The molecule has 0 radical (unpaired) electrons. The van der Waals surface area contributed by atoms with E-state index in [1.165, 1.54) is 10.6 Å². The summed E-state index contributed by atoms with van der Waals surface area (Å²) < 4.78 is 1.40. The maximum Gasteiger partial charge on any atom is 0.251 e. The topological polar surface area (TPSA) is 55.2 Å². The van der Waals surface area contributed by atoms with Crippen LogP contribution in [0.3, 0.4) is 0 Å². The van der Waals surface area contributed by atoms with Gasteiger partial charge in [0, 0.05) is 18.5 Å². The van der Waals surface area contributed by atoms with Crippen LogP contribution in [0, 0.1) is 0 Å². The van der Waals surface area contributed by atoms with Crippen LogP contribution >= 0.6 is 0 Å². The molecule has 0 saturated heterocycles. The van der Waals surface area contributed by atoms with E-state index in [-0.39, 0.29) is 12.1 Å². The molecular weight excluding hydrogens is 254 g/mol. The third kappa shape index (κ3) is 2.51. The van der Waals surface area contributed by atoms with Crippen LogP contribution in [0.1, 0.15) is 6.92 Å². The Kier molecular flexibility index (Phi) is 4.10. The van der Waals surface area contributed by atoms with Crippen LogP contribution in [-0.2, 0) is 11.3 Å². The largest absolute Gasteiger partial charge is 0.323 e. The van der Waals surface area contributed by atoms with Crippen molar-refractivity contribution in [3.8, 4) is 0 Å². The van der Waals surface area contributed by atoms with Crippen LogP contribution in [0.2, 0.25) is 0 Å². The fourth-order valence-corrected chi connectivity index (χ4v) is 1.97. The molecule has 5 heteroatoms. The fraction of sp³-hybridized carbons (Fsp3) is 0.133. The molecule has 2 aromatic heterocycles. The van der Waals surface area contributed by atoms with Gasteiger partial charge in [0.15, 0.2) is 0 Å². The Balaban J connectivity index is 2.67. The lowest BCUT2D eigenvalue weighted by atomic mass is 10.2. The summed E-state index contributed by atoms with van der Waals surface area (Å²) in [5, 5.41) is 0. The van der Waals surface area contributed by atoms with E-state index in [0.717, 1.165) is 5.69 Å². The maximum absolute atomic E-state index is 11.8. The number of allylic oxidation sites excluding steroid dienone is 1. The van der Waals surface area contributed by atoms with Gasteiger partial charge < -0.3 is 9.69 Å². The standard InChI is InChI=1S/C15H15N3O2/c1-3-7-17(4-2)12-10-14-13(16-11-12)5-6-15(20)18(14)8-9-19/h3-7,9-11H,2,8H2,1H3/b7-3-. The molecule has 0 bridgehead atoms. The summed E-state index contributed by atoms with van der Waals surface area (Å²) in [6, 6.07) is 4.88. The molecule has 5 nitrogen and oxygen atoms in total. The van der Waals surface area contributed by atoms with Gasteiger partial charge in [0.1, 0.15) is 6.29 Å². The number of hydrogen-bond acceptors (Lipinski definition) is 4. The SMILES string of the molecule is C=CN(/C=C\C)c1cnc2ccc(=O)n(CC=O)c2c1. The van der Waals surface area contributed by atoms with Gasteiger partial charge in [-0.3, -0.25) is 14.3 Å². The van der Waals surface area contributed by atoms with E-state index in [1.807, 2.05) is 25.3 Å². The number of rotatable bonds is 5. The number of fused-ring (bicyclic) bond motifs is 1. The summed E-state index contributed by atoms with van der Waals surface area (Å²) in [6.45, 7) is 5.64. The first kappa shape index (κ1) is 13.7. The smallest absolute Gasteiger partial charge is 0.251 e. The number of anilines is 1. The predicted octanol–water partition coefficient (Wildman–Crippen LogP) is 2.08. The van der Waals surface area contributed by atoms with E-state index in [2.05, 4.69) is 11.6 Å². The lowest BCUT2D eigenvalue weighted by Crippen LogP contribution is -2.20. The zero-order chi connectivity index (χ0) is 14.5. The fourth-order valence-electron chi connectivity index (χ4n) is 1.97. The molecule has 0 amide bonds. The lowest BCUT2D eigenvalue weighted by molar-refractivity contribution is -0.108. The van der Waals surface area contributed by atoms with E-state index in [0.29, 0.717) is 17.3 Å². The molecule has 2 rings (SSSR count). The van der Waals surface area contributed by atoms with Crippen molar-refractivity contribution < 1.29 is 4.79 Å². The van der Waals surface area contributed by atoms with Gasteiger partial charge in [0.2, 0.25) is 0 Å². The van der Waals surface area contributed by atoms with Crippen LogP contribution in [-0.4, -0.2) is 15.8 Å². The second-order valence-corrected chi connectivity index (χ2v) is 4.12. The molecule has 2 aromatic rings. The average molecular weight is 269 g/mol. The van der Waals surface area contributed by atoms with Gasteiger partial charge in [-0.2, -0.15) is 0 Å². The minimum absolute atomic E-state index is 0.0129. The average Bonchev–Trinajstić information content (AvgIpc) is 2.47. The number of hydrogen-bond donors (Lipinski definition) is 0. The van der Waals surface area contributed by atoms with Crippen molar-refractivity contribution in [2.24, 2.45) is 0 Å². The first-order valence-electron chi connectivity index (χ1n) is 6.18. The van der Waals surface area contributed by atoms with Gasteiger partial charge in [-0.1, -0.05) is 12.7 Å². The second-order valence-electron chi connectivity index (χ2n) is 4.12. The number of aromatic nitrogens is 2. The monoisotopic (exact) mass is 269 g/mol. The van der Waals surface area contributed by atoms with Crippen molar-refractivity contribution in [2.45, 2.75) is 13.5 Å². The van der Waals surface area contributed by atoms with E-state index in [4.69, 9.17) is 0 Å². The predicted molar refractivity (Wildman–Crippen MR) is 79.6 cm³/mol. The van der Waals surface area contributed by atoms with Crippen molar-refractivity contribution >= 4 is 23.0 Å². The van der Waals surface area contributed by atoms with Gasteiger partial charge in [-0.25, -0.2) is 0 Å². The molecule has 102 valence electrons. The third-order valence-corrected chi connectivity index (χ3v) is 2.89. The highest BCUT2D eigenvalue weighted by atomic mass is 16.1. The highest BCUT2D eigenvalue weighted by Gasteiger charge is 2.07. The number of carbonyl (C=O) groups excluding carboxylic acids is 1. The van der Waals surface area contributed by atoms with E-state index in [1.54, 1.807) is 23.4 Å². The van der Waals surface area contributed by atoms with Crippen LogP contribution < -0.4 is 10.5 Å². The summed E-state index contributed by atoms with van der Waals surface area (Å²) in [4.78, 5) is 28.7. The molecule has 0 unspecified atom stereocenters. The van der Waals surface area contributed by atoms with Crippen LogP contribution in [0.5, 0.6) is 0 Å². The number of nitrogens with zero attached hydrogens (tertiary/aromatic N) is 3. The summed E-state index contributed by atoms with van der Waals surface area (Å²) in [7, 11) is 0. The summed E-state index contributed by atoms with van der Waals surface area (Å²) in [5.74, 6) is 0. The Morgan fingerprint density at radius 2 is 2.25 bits per heavy atom. The molecule has 0 fully saturated rings. The normalized spacial score (nSPS) is 10.8. The van der Waals surface area contributed by atoms with Crippen molar-refractivity contribution in [2.75, 3.05) is 4.90 Å². The molecule has 0 spiro atoms. The molecular formula is C15H15N3O2. The van der Waals surface area contributed by atoms with E-state index in [9.17, 15) is 9.59 Å². The van der Waals surface area contributed by atoms with Crippen LogP contribution in [0.25, 0.3) is 11.0 Å². The van der Waals surface area contributed by atoms with Gasteiger partial charge in [-0.05, 0) is 19.1 Å². The Morgan fingerprint density at radius 3 is 2.90 bits per heavy atom. The molecule has 0 aliphatic heterocycles. The third-order valence-electron chi connectivity index (χ3n) is 2.89. The molecule has 20 heavy (non-hydrogen) atoms. The zero-order valence-corrected chi connectivity index (χ0v) is 11.2. The number of carbonyl (C=O) groups is 1. The number of pyridine rings is 2. The highest BCUT2D eigenvalue weighted by molar-refractivity contribution is 5.79. The van der Waals surface area contributed by atoms with Crippen molar-refractivity contribution in [3.05, 3.63) is 59.8 Å². The molecule has 0 aromatic carbocycles. The maximum atomic E-state index is 11.8. The summed E-state index contributed by atoms with van der Waals surface area (Å²) in [5.41, 5.74) is 1.84. The summed E-state index contributed by atoms with van der Waals surface area (Å²) in [6.07, 6.45) is 7.74. The Hall–Kier alpha value is -2.69. The van der Waals surface area contributed by atoms with Gasteiger partial charge >= 0.3 is 0 Å². The zero-order valence-electron chi connectivity index (χ0n) is 11.2. The van der Waals surface area contributed by atoms with E-state index < -0.39 is 0 Å². The van der Waals surface area contributed by atoms with Gasteiger partial charge in [-0.15, -0.1) is 0 Å². The summed E-state index contributed by atoms with van der Waals surface area (Å²) >= 11 is 0. The van der Waals surface area contributed by atoms with Crippen molar-refractivity contribution in [1.29, 1.82) is 0 Å². The molecule has 0 aliphatic rings. The van der Waals surface area contributed by atoms with E-state index >= 15 is 0 Å². The second kappa shape index (κ2) is 5.97. The number of aldehydes is 1. The highest BCUT2D eigenvalue weighted by Crippen LogP contribution is 2.19. The van der Waals surface area contributed by atoms with Crippen LogP contribution in [0.4, 0.5) is 5.69 Å². The quantitative estimate of drug-likeness (QED) is 0.780. The van der Waals surface area contributed by atoms with Crippen molar-refractivity contribution in [3.63, 3.8) is 0 Å². The van der Waals surface area contributed by atoms with Crippen molar-refractivity contribution in [1.82, 2.24) is 9.55 Å². The minimum atomic E-state index is -0.222. The van der Waals surface area contributed by atoms with Gasteiger partial charge in [0.25, 0.3) is 5.56 Å².